The summed E-state index contributed by atoms with van der Waals surface area (Å²) in [5.74, 6) is 1.16. The van der Waals surface area contributed by atoms with E-state index in [0.717, 1.165) is 10.9 Å². The fourth-order valence-electron chi connectivity index (χ4n) is 3.81. The Hall–Kier alpha value is -3.76. The SMILES string of the molecule is CC[C@@H](C)c1nc2ccc(Br)cc2c(=O)n1N=Cc1cc(Cl)cc(OC)c1OCc1cccc([N+](=O)[O-])c1. The molecule has 0 aliphatic rings. The molecule has 11 heteroatoms. The summed E-state index contributed by atoms with van der Waals surface area (Å²) < 4.78 is 13.6. The molecule has 0 unspecified atom stereocenters. The molecule has 0 radical (unpaired) electrons. The van der Waals surface area contributed by atoms with Crippen LogP contribution in [0.4, 0.5) is 5.69 Å². The second-order valence-corrected chi connectivity index (χ2v) is 9.90. The van der Waals surface area contributed by atoms with Gasteiger partial charge in [-0.15, -0.1) is 0 Å². The smallest absolute Gasteiger partial charge is 0.282 e. The summed E-state index contributed by atoms with van der Waals surface area (Å²) in [5.41, 5.74) is 1.29. The number of aromatic nitrogens is 2. The minimum Gasteiger partial charge on any atom is -0.493 e. The van der Waals surface area contributed by atoms with E-state index in [-0.39, 0.29) is 23.8 Å². The van der Waals surface area contributed by atoms with Crippen molar-refractivity contribution in [3.05, 3.63) is 102 Å². The molecular formula is C27H24BrClN4O5. The number of hydrogen-bond acceptors (Lipinski definition) is 7. The number of methoxy groups -OCH3 is 1. The van der Waals surface area contributed by atoms with Gasteiger partial charge < -0.3 is 9.47 Å². The van der Waals surface area contributed by atoms with Crippen molar-refractivity contribution < 1.29 is 14.4 Å². The van der Waals surface area contributed by atoms with Gasteiger partial charge >= 0.3 is 0 Å². The van der Waals surface area contributed by atoms with Crippen molar-refractivity contribution in [3.8, 4) is 11.5 Å². The molecular weight excluding hydrogens is 576 g/mol. The van der Waals surface area contributed by atoms with E-state index in [9.17, 15) is 14.9 Å². The molecule has 0 fully saturated rings. The molecule has 196 valence electrons. The van der Waals surface area contributed by atoms with Gasteiger partial charge in [0.2, 0.25) is 0 Å². The third-order valence-corrected chi connectivity index (χ3v) is 6.68. The summed E-state index contributed by atoms with van der Waals surface area (Å²) in [7, 11) is 1.48. The molecule has 38 heavy (non-hydrogen) atoms. The Morgan fingerprint density at radius 3 is 2.74 bits per heavy atom. The number of halogens is 2. The first-order valence-corrected chi connectivity index (χ1v) is 12.9. The highest BCUT2D eigenvalue weighted by Crippen LogP contribution is 2.35. The molecule has 0 amide bonds. The van der Waals surface area contributed by atoms with E-state index in [0.29, 0.717) is 44.4 Å². The Morgan fingerprint density at radius 1 is 1.24 bits per heavy atom. The van der Waals surface area contributed by atoms with Gasteiger partial charge in [-0.25, -0.2) is 4.98 Å². The summed E-state index contributed by atoms with van der Waals surface area (Å²) in [6.45, 7) is 4.02. The van der Waals surface area contributed by atoms with Gasteiger partial charge in [0, 0.05) is 39.2 Å². The van der Waals surface area contributed by atoms with Crippen molar-refractivity contribution >= 4 is 50.3 Å². The Morgan fingerprint density at radius 2 is 2.03 bits per heavy atom. The minimum absolute atomic E-state index is 0.0319. The van der Waals surface area contributed by atoms with Crippen LogP contribution >= 0.6 is 27.5 Å². The van der Waals surface area contributed by atoms with Crippen LogP contribution in [0.25, 0.3) is 10.9 Å². The molecule has 0 saturated heterocycles. The Labute approximate surface area is 232 Å². The highest BCUT2D eigenvalue weighted by molar-refractivity contribution is 9.10. The van der Waals surface area contributed by atoms with E-state index in [1.807, 2.05) is 19.9 Å². The second-order valence-electron chi connectivity index (χ2n) is 8.54. The lowest BCUT2D eigenvalue weighted by molar-refractivity contribution is -0.384. The van der Waals surface area contributed by atoms with Gasteiger partial charge in [-0.1, -0.05) is 53.5 Å². The number of nitrogens with zero attached hydrogens (tertiary/aromatic N) is 4. The number of hydrogen-bond donors (Lipinski definition) is 0. The third kappa shape index (κ3) is 5.87. The molecule has 4 rings (SSSR count). The quantitative estimate of drug-likeness (QED) is 0.120. The minimum atomic E-state index is -0.465. The normalized spacial score (nSPS) is 12.1. The lowest BCUT2D eigenvalue weighted by atomic mass is 10.1. The number of benzene rings is 3. The van der Waals surface area contributed by atoms with E-state index in [4.69, 9.17) is 26.1 Å². The first-order chi connectivity index (χ1) is 18.2. The number of nitro groups is 1. The van der Waals surface area contributed by atoms with E-state index in [1.165, 1.54) is 30.1 Å². The van der Waals surface area contributed by atoms with Crippen LogP contribution in [0.1, 0.15) is 43.1 Å². The first kappa shape index (κ1) is 27.3. The molecule has 0 aliphatic heterocycles. The molecule has 1 aromatic heterocycles. The molecule has 0 bridgehead atoms. The monoisotopic (exact) mass is 598 g/mol. The maximum atomic E-state index is 13.5. The second kappa shape index (κ2) is 11.7. The number of non-ortho nitro benzene ring substituents is 1. The van der Waals surface area contributed by atoms with Crippen LogP contribution in [-0.2, 0) is 6.61 Å². The van der Waals surface area contributed by atoms with E-state index in [2.05, 4.69) is 21.0 Å². The molecule has 1 heterocycles. The molecule has 1 atom stereocenters. The third-order valence-electron chi connectivity index (χ3n) is 5.97. The molecule has 0 aliphatic carbocycles. The summed E-state index contributed by atoms with van der Waals surface area (Å²) in [4.78, 5) is 28.9. The predicted molar refractivity (Wildman–Crippen MR) is 151 cm³/mol. The number of fused-ring (bicyclic) bond motifs is 1. The van der Waals surface area contributed by atoms with Gasteiger partial charge in [0.25, 0.3) is 11.2 Å². The number of ether oxygens (including phenoxy) is 2. The zero-order valence-corrected chi connectivity index (χ0v) is 23.2. The largest absolute Gasteiger partial charge is 0.493 e. The lowest BCUT2D eigenvalue weighted by Crippen LogP contribution is -2.23. The molecule has 0 saturated carbocycles. The van der Waals surface area contributed by atoms with Crippen LogP contribution in [0, 0.1) is 10.1 Å². The van der Waals surface area contributed by atoms with Gasteiger partial charge in [-0.05, 0) is 36.2 Å². The lowest BCUT2D eigenvalue weighted by Gasteiger charge is -2.15. The van der Waals surface area contributed by atoms with Crippen LogP contribution in [0.15, 0.2) is 69.0 Å². The number of rotatable bonds is 9. The fourth-order valence-corrected chi connectivity index (χ4v) is 4.38. The van der Waals surface area contributed by atoms with Gasteiger partial charge in [-0.3, -0.25) is 14.9 Å². The predicted octanol–water partition coefficient (Wildman–Crippen LogP) is 6.70. The summed E-state index contributed by atoms with van der Waals surface area (Å²) in [6.07, 6.45) is 2.22. The van der Waals surface area contributed by atoms with E-state index in [1.54, 1.807) is 36.4 Å². The van der Waals surface area contributed by atoms with Crippen molar-refractivity contribution in [1.29, 1.82) is 0 Å². The van der Waals surface area contributed by atoms with Crippen molar-refractivity contribution in [2.75, 3.05) is 7.11 Å². The number of nitro benzene ring substituents is 1. The van der Waals surface area contributed by atoms with Crippen molar-refractivity contribution in [2.24, 2.45) is 5.10 Å². The average molecular weight is 600 g/mol. The highest BCUT2D eigenvalue weighted by Gasteiger charge is 2.17. The van der Waals surface area contributed by atoms with Crippen LogP contribution in [0.5, 0.6) is 11.5 Å². The molecule has 9 nitrogen and oxygen atoms in total. The zero-order valence-electron chi connectivity index (χ0n) is 20.9. The average Bonchev–Trinajstić information content (AvgIpc) is 2.91. The maximum absolute atomic E-state index is 13.5. The van der Waals surface area contributed by atoms with Crippen LogP contribution in [-0.4, -0.2) is 27.9 Å². The summed E-state index contributed by atoms with van der Waals surface area (Å²) in [5, 5.41) is 16.5. The van der Waals surface area contributed by atoms with E-state index < -0.39 is 4.92 Å². The Balaban J connectivity index is 1.79. The topological polar surface area (TPSA) is 109 Å². The highest BCUT2D eigenvalue weighted by atomic mass is 79.9. The van der Waals surface area contributed by atoms with Gasteiger partial charge in [0.05, 0.1) is 29.2 Å². The van der Waals surface area contributed by atoms with Crippen LogP contribution in [0.2, 0.25) is 5.02 Å². The summed E-state index contributed by atoms with van der Waals surface area (Å²) in [6, 6.07) is 14.7. The van der Waals surface area contributed by atoms with Gasteiger partial charge in [-0.2, -0.15) is 9.78 Å². The van der Waals surface area contributed by atoms with Gasteiger partial charge in [0.1, 0.15) is 12.4 Å². The van der Waals surface area contributed by atoms with Crippen LogP contribution < -0.4 is 15.0 Å². The van der Waals surface area contributed by atoms with E-state index >= 15 is 0 Å². The Kier molecular flexibility index (Phi) is 8.43. The van der Waals surface area contributed by atoms with Crippen molar-refractivity contribution in [3.63, 3.8) is 0 Å². The molecule has 0 N–H and O–H groups in total. The molecule has 0 spiro atoms. The Bertz CT molecular complexity index is 1600. The standard InChI is InChI=1S/C27H24BrClN4O5/c1-4-16(2)26-31-23-9-8-19(28)12-22(23)27(34)32(26)30-14-18-11-20(29)13-24(37-3)25(18)38-15-17-6-5-7-21(10-17)33(35)36/h5-14,16H,4,15H2,1-3H3/t16-/m1/s1. The van der Waals surface area contributed by atoms with Crippen molar-refractivity contribution in [1.82, 2.24) is 9.66 Å². The van der Waals surface area contributed by atoms with Crippen molar-refractivity contribution in [2.45, 2.75) is 32.8 Å². The van der Waals surface area contributed by atoms with Gasteiger partial charge in [0.15, 0.2) is 11.5 Å². The summed E-state index contributed by atoms with van der Waals surface area (Å²) >= 11 is 9.74. The molecule has 4 aromatic rings. The molecule has 3 aromatic carbocycles. The maximum Gasteiger partial charge on any atom is 0.282 e. The fraction of sp³-hybridized carbons (Fsp3) is 0.222. The van der Waals surface area contributed by atoms with Crippen LogP contribution in [0.3, 0.4) is 0 Å². The first-order valence-electron chi connectivity index (χ1n) is 11.7. The zero-order chi connectivity index (χ0) is 27.4.